The van der Waals surface area contributed by atoms with E-state index in [0.29, 0.717) is 12.0 Å². The Labute approximate surface area is 142 Å². The zero-order chi connectivity index (χ0) is 16.7. The highest BCUT2D eigenvalue weighted by atomic mass is 16.5. The molecule has 1 saturated carbocycles. The molecule has 2 atom stereocenters. The monoisotopic (exact) mass is 333 g/mol. The predicted molar refractivity (Wildman–Crippen MR) is 88.4 cm³/mol. The van der Waals surface area contributed by atoms with Crippen molar-refractivity contribution >= 4 is 6.03 Å². The van der Waals surface area contributed by atoms with E-state index in [4.69, 9.17) is 4.74 Å². The van der Waals surface area contributed by atoms with Gasteiger partial charge < -0.3 is 15.0 Å². The maximum absolute atomic E-state index is 12.7. The molecule has 1 aliphatic carbocycles. The number of nitrogens with zero attached hydrogens (tertiary/aromatic N) is 4. The molecule has 1 spiro atoms. The van der Waals surface area contributed by atoms with Crippen molar-refractivity contribution in [2.45, 2.75) is 71.2 Å². The van der Waals surface area contributed by atoms with E-state index in [-0.39, 0.29) is 18.2 Å². The molecule has 24 heavy (non-hydrogen) atoms. The fourth-order valence-corrected chi connectivity index (χ4v) is 4.51. The standard InChI is InChI=1S/C17H27N5O2/c1-3-22-19-12(2)13(20-22)10-18-16(23)21-11-17(7-5-8-17)15(21)14-6-4-9-24-14/h14-15H,3-11H2,1-2H3,(H,18,23). The summed E-state index contributed by atoms with van der Waals surface area (Å²) in [4.78, 5) is 16.3. The second kappa shape index (κ2) is 6.02. The number of rotatable bonds is 4. The Morgan fingerprint density at radius 3 is 2.79 bits per heavy atom. The van der Waals surface area contributed by atoms with Crippen LogP contribution in [0.2, 0.25) is 0 Å². The lowest BCUT2D eigenvalue weighted by molar-refractivity contribution is -0.148. The molecule has 2 unspecified atom stereocenters. The first-order valence-corrected chi connectivity index (χ1v) is 9.20. The van der Waals surface area contributed by atoms with E-state index in [1.807, 2.05) is 18.7 Å². The minimum atomic E-state index is 0.0125. The molecule has 2 amide bonds. The van der Waals surface area contributed by atoms with E-state index < -0.39 is 0 Å². The van der Waals surface area contributed by atoms with Crippen molar-refractivity contribution in [1.82, 2.24) is 25.2 Å². The Balaban J connectivity index is 1.39. The molecule has 132 valence electrons. The highest BCUT2D eigenvalue weighted by Gasteiger charge is 2.60. The van der Waals surface area contributed by atoms with Gasteiger partial charge in [0.15, 0.2) is 0 Å². The summed E-state index contributed by atoms with van der Waals surface area (Å²) in [6, 6.07) is 0.277. The average molecular weight is 333 g/mol. The minimum absolute atomic E-state index is 0.0125. The van der Waals surface area contributed by atoms with E-state index in [1.165, 1.54) is 19.3 Å². The Bertz CT molecular complexity index is 618. The van der Waals surface area contributed by atoms with Crippen LogP contribution in [0.15, 0.2) is 0 Å². The summed E-state index contributed by atoms with van der Waals surface area (Å²) in [6.07, 6.45) is 6.20. The van der Waals surface area contributed by atoms with Crippen molar-refractivity contribution in [3.63, 3.8) is 0 Å². The molecule has 2 aliphatic heterocycles. The molecule has 3 aliphatic rings. The number of carbonyl (C=O) groups is 1. The van der Waals surface area contributed by atoms with Crippen molar-refractivity contribution in [1.29, 1.82) is 0 Å². The van der Waals surface area contributed by atoms with Crippen LogP contribution in [0, 0.1) is 12.3 Å². The van der Waals surface area contributed by atoms with Gasteiger partial charge in [-0.1, -0.05) is 6.42 Å². The normalized spacial score (nSPS) is 27.8. The summed E-state index contributed by atoms with van der Waals surface area (Å²) >= 11 is 0. The highest BCUT2D eigenvalue weighted by Crippen LogP contribution is 2.55. The molecule has 3 fully saturated rings. The zero-order valence-electron chi connectivity index (χ0n) is 14.6. The molecule has 0 aromatic carbocycles. The summed E-state index contributed by atoms with van der Waals surface area (Å²) in [5, 5.41) is 11.8. The third kappa shape index (κ3) is 2.49. The molecule has 1 aromatic heterocycles. The van der Waals surface area contributed by atoms with E-state index >= 15 is 0 Å². The summed E-state index contributed by atoms with van der Waals surface area (Å²) in [5.74, 6) is 0. The van der Waals surface area contributed by atoms with Gasteiger partial charge in [0.1, 0.15) is 5.69 Å². The topological polar surface area (TPSA) is 72.3 Å². The smallest absolute Gasteiger partial charge is 0.318 e. The molecule has 1 aromatic rings. The van der Waals surface area contributed by atoms with Crippen molar-refractivity contribution in [2.24, 2.45) is 5.41 Å². The highest BCUT2D eigenvalue weighted by molar-refractivity contribution is 5.76. The van der Waals surface area contributed by atoms with Crippen LogP contribution in [-0.4, -0.2) is 51.2 Å². The van der Waals surface area contributed by atoms with Gasteiger partial charge >= 0.3 is 6.03 Å². The lowest BCUT2D eigenvalue weighted by atomic mass is 9.56. The third-order valence-electron chi connectivity index (χ3n) is 5.98. The van der Waals surface area contributed by atoms with Crippen LogP contribution in [0.1, 0.15) is 50.4 Å². The number of aryl methyl sites for hydroxylation is 2. The van der Waals surface area contributed by atoms with Crippen molar-refractivity contribution in [3.05, 3.63) is 11.4 Å². The number of amides is 2. The lowest BCUT2D eigenvalue weighted by Gasteiger charge is -2.63. The third-order valence-corrected chi connectivity index (χ3v) is 5.98. The van der Waals surface area contributed by atoms with Crippen LogP contribution in [0.5, 0.6) is 0 Å². The number of carbonyl (C=O) groups excluding carboxylic acids is 1. The minimum Gasteiger partial charge on any atom is -0.376 e. The number of aromatic nitrogens is 3. The number of likely N-dealkylation sites (tertiary alicyclic amines) is 1. The summed E-state index contributed by atoms with van der Waals surface area (Å²) in [6.45, 7) is 6.84. The summed E-state index contributed by atoms with van der Waals surface area (Å²) in [7, 11) is 0. The summed E-state index contributed by atoms with van der Waals surface area (Å²) in [5.41, 5.74) is 2.07. The molecular formula is C17H27N5O2. The van der Waals surface area contributed by atoms with E-state index in [1.54, 1.807) is 4.80 Å². The van der Waals surface area contributed by atoms with Crippen molar-refractivity contribution < 1.29 is 9.53 Å². The molecule has 7 heteroatoms. The van der Waals surface area contributed by atoms with Crippen LogP contribution in [-0.2, 0) is 17.8 Å². The molecule has 2 saturated heterocycles. The first kappa shape index (κ1) is 15.9. The maximum Gasteiger partial charge on any atom is 0.318 e. The number of nitrogens with one attached hydrogen (secondary N) is 1. The average Bonchev–Trinajstić information content (AvgIpc) is 3.12. The van der Waals surface area contributed by atoms with E-state index in [9.17, 15) is 4.79 Å². The van der Waals surface area contributed by atoms with E-state index in [0.717, 1.165) is 43.9 Å². The van der Waals surface area contributed by atoms with Crippen molar-refractivity contribution in [2.75, 3.05) is 13.2 Å². The zero-order valence-corrected chi connectivity index (χ0v) is 14.6. The van der Waals surface area contributed by atoms with Gasteiger partial charge in [0.2, 0.25) is 0 Å². The number of hydrogen-bond acceptors (Lipinski definition) is 4. The van der Waals surface area contributed by atoms with Gasteiger partial charge in [-0.15, -0.1) is 0 Å². The Hall–Kier alpha value is -1.63. The first-order valence-electron chi connectivity index (χ1n) is 9.20. The molecular weight excluding hydrogens is 306 g/mol. The van der Waals surface area contributed by atoms with Gasteiger partial charge in [-0.2, -0.15) is 15.0 Å². The van der Waals surface area contributed by atoms with Gasteiger partial charge in [0, 0.05) is 18.6 Å². The van der Waals surface area contributed by atoms with Gasteiger partial charge in [-0.05, 0) is 39.5 Å². The van der Waals surface area contributed by atoms with E-state index in [2.05, 4.69) is 15.5 Å². The van der Waals surface area contributed by atoms with Gasteiger partial charge in [-0.3, -0.25) is 0 Å². The van der Waals surface area contributed by atoms with Crippen LogP contribution in [0.4, 0.5) is 4.79 Å². The Morgan fingerprint density at radius 2 is 2.21 bits per heavy atom. The molecule has 7 nitrogen and oxygen atoms in total. The fraction of sp³-hybridized carbons (Fsp3) is 0.824. The summed E-state index contributed by atoms with van der Waals surface area (Å²) < 4.78 is 5.92. The van der Waals surface area contributed by atoms with Crippen LogP contribution >= 0.6 is 0 Å². The fourth-order valence-electron chi connectivity index (χ4n) is 4.51. The first-order chi connectivity index (χ1) is 11.6. The van der Waals surface area contributed by atoms with Crippen LogP contribution < -0.4 is 5.32 Å². The number of ether oxygens (including phenoxy) is 1. The predicted octanol–water partition coefficient (Wildman–Crippen LogP) is 1.85. The molecule has 0 radical (unpaired) electrons. The second-order valence-electron chi connectivity index (χ2n) is 7.42. The molecule has 4 rings (SSSR count). The van der Waals surface area contributed by atoms with Crippen molar-refractivity contribution in [3.8, 4) is 0 Å². The van der Waals surface area contributed by atoms with Gasteiger partial charge in [0.25, 0.3) is 0 Å². The Morgan fingerprint density at radius 1 is 1.38 bits per heavy atom. The lowest BCUT2D eigenvalue weighted by Crippen LogP contribution is -2.73. The Kier molecular flexibility index (Phi) is 3.98. The maximum atomic E-state index is 12.7. The molecule has 3 heterocycles. The molecule has 0 bridgehead atoms. The largest absolute Gasteiger partial charge is 0.376 e. The quantitative estimate of drug-likeness (QED) is 0.913. The van der Waals surface area contributed by atoms with Gasteiger partial charge in [0.05, 0.1) is 30.9 Å². The number of hydrogen-bond donors (Lipinski definition) is 1. The molecule has 1 N–H and O–H groups in total. The van der Waals surface area contributed by atoms with Crippen LogP contribution in [0.25, 0.3) is 0 Å². The van der Waals surface area contributed by atoms with Gasteiger partial charge in [-0.25, -0.2) is 4.79 Å². The SMILES string of the molecule is CCn1nc(C)c(CNC(=O)N2CC3(CCC3)C2C2CCCO2)n1. The number of urea groups is 1. The van der Waals surface area contributed by atoms with Crippen LogP contribution in [0.3, 0.4) is 0 Å². The second-order valence-corrected chi connectivity index (χ2v) is 7.42.